The van der Waals surface area contributed by atoms with Crippen molar-refractivity contribution in [3.63, 3.8) is 0 Å². The summed E-state index contributed by atoms with van der Waals surface area (Å²) in [5.74, 6) is 0. The topological polar surface area (TPSA) is 48.2 Å². The molecule has 5 heteroatoms. The molecule has 1 aromatic heterocycles. The average Bonchev–Trinajstić information content (AvgIpc) is 2.80. The lowest BCUT2D eigenvalue weighted by atomic mass is 10.1. The SMILES string of the molecule is Cn1ccn(-c2ccccc2C2CNCCO2)c1=O. The Morgan fingerprint density at radius 2 is 2.16 bits per heavy atom. The van der Waals surface area contributed by atoms with Gasteiger partial charge in [-0.2, -0.15) is 0 Å². The third kappa shape index (κ3) is 2.22. The highest BCUT2D eigenvalue weighted by molar-refractivity contribution is 5.42. The van der Waals surface area contributed by atoms with Crippen LogP contribution in [-0.4, -0.2) is 28.8 Å². The van der Waals surface area contributed by atoms with Gasteiger partial charge < -0.3 is 14.6 Å². The molecule has 100 valence electrons. The first kappa shape index (κ1) is 12.2. The van der Waals surface area contributed by atoms with Crippen LogP contribution in [-0.2, 0) is 11.8 Å². The minimum atomic E-state index is -0.0452. The van der Waals surface area contributed by atoms with E-state index >= 15 is 0 Å². The second kappa shape index (κ2) is 5.03. The summed E-state index contributed by atoms with van der Waals surface area (Å²) in [5, 5.41) is 3.31. The maximum absolute atomic E-state index is 12.1. The molecule has 2 heterocycles. The van der Waals surface area contributed by atoms with Gasteiger partial charge in [-0.05, 0) is 6.07 Å². The molecule has 1 atom stereocenters. The van der Waals surface area contributed by atoms with E-state index in [-0.39, 0.29) is 11.8 Å². The number of hydrogen-bond acceptors (Lipinski definition) is 3. The van der Waals surface area contributed by atoms with E-state index in [0.717, 1.165) is 24.3 Å². The largest absolute Gasteiger partial charge is 0.371 e. The van der Waals surface area contributed by atoms with Crippen molar-refractivity contribution in [1.29, 1.82) is 0 Å². The summed E-state index contributed by atoms with van der Waals surface area (Å²) in [7, 11) is 1.75. The molecule has 5 nitrogen and oxygen atoms in total. The van der Waals surface area contributed by atoms with Crippen molar-refractivity contribution in [3.8, 4) is 5.69 Å². The van der Waals surface area contributed by atoms with Gasteiger partial charge in [-0.1, -0.05) is 18.2 Å². The van der Waals surface area contributed by atoms with Gasteiger partial charge in [-0.15, -0.1) is 0 Å². The summed E-state index contributed by atoms with van der Waals surface area (Å²) in [6, 6.07) is 7.89. The molecule has 1 aromatic carbocycles. The van der Waals surface area contributed by atoms with Crippen LogP contribution >= 0.6 is 0 Å². The van der Waals surface area contributed by atoms with Crippen LogP contribution in [0.3, 0.4) is 0 Å². The molecule has 0 radical (unpaired) electrons. The van der Waals surface area contributed by atoms with Gasteiger partial charge in [0.1, 0.15) is 0 Å². The molecule has 0 amide bonds. The summed E-state index contributed by atoms with van der Waals surface area (Å²) < 4.78 is 9.01. The Hall–Kier alpha value is -1.85. The first-order chi connectivity index (χ1) is 9.27. The Kier molecular flexibility index (Phi) is 3.23. The third-order valence-corrected chi connectivity index (χ3v) is 3.42. The Bertz CT molecular complexity index is 624. The molecule has 0 bridgehead atoms. The molecule has 0 spiro atoms. The normalized spacial score (nSPS) is 19.5. The van der Waals surface area contributed by atoms with E-state index in [4.69, 9.17) is 4.74 Å². The van der Waals surface area contributed by atoms with Crippen LogP contribution in [0.4, 0.5) is 0 Å². The van der Waals surface area contributed by atoms with Gasteiger partial charge in [0, 0.05) is 38.1 Å². The molecule has 1 N–H and O–H groups in total. The van der Waals surface area contributed by atoms with Crippen LogP contribution in [0, 0.1) is 0 Å². The maximum Gasteiger partial charge on any atom is 0.332 e. The summed E-state index contributed by atoms with van der Waals surface area (Å²) in [4.78, 5) is 12.1. The molecule has 0 saturated carbocycles. The lowest BCUT2D eigenvalue weighted by Crippen LogP contribution is -2.34. The molecule has 1 saturated heterocycles. The van der Waals surface area contributed by atoms with E-state index in [1.807, 2.05) is 24.3 Å². The zero-order chi connectivity index (χ0) is 13.2. The molecule has 0 aliphatic carbocycles. The molecule has 1 fully saturated rings. The number of aryl methyl sites for hydroxylation is 1. The van der Waals surface area contributed by atoms with Crippen molar-refractivity contribution in [3.05, 3.63) is 52.7 Å². The van der Waals surface area contributed by atoms with Gasteiger partial charge >= 0.3 is 5.69 Å². The lowest BCUT2D eigenvalue weighted by Gasteiger charge is -2.25. The fourth-order valence-corrected chi connectivity index (χ4v) is 2.39. The fraction of sp³-hybridized carbons (Fsp3) is 0.357. The predicted molar refractivity (Wildman–Crippen MR) is 72.6 cm³/mol. The van der Waals surface area contributed by atoms with Gasteiger partial charge in [0.15, 0.2) is 0 Å². The molecule has 1 unspecified atom stereocenters. The van der Waals surface area contributed by atoms with Crippen molar-refractivity contribution in [2.24, 2.45) is 7.05 Å². The quantitative estimate of drug-likeness (QED) is 0.869. The van der Waals surface area contributed by atoms with Crippen molar-refractivity contribution in [2.75, 3.05) is 19.7 Å². The number of ether oxygens (including phenoxy) is 1. The van der Waals surface area contributed by atoms with E-state index < -0.39 is 0 Å². The second-order valence-electron chi connectivity index (χ2n) is 4.68. The van der Waals surface area contributed by atoms with E-state index in [2.05, 4.69) is 5.32 Å². The van der Waals surface area contributed by atoms with Crippen molar-refractivity contribution in [2.45, 2.75) is 6.10 Å². The van der Waals surface area contributed by atoms with Crippen molar-refractivity contribution in [1.82, 2.24) is 14.5 Å². The van der Waals surface area contributed by atoms with Crippen molar-refractivity contribution >= 4 is 0 Å². The van der Waals surface area contributed by atoms with E-state index in [9.17, 15) is 4.79 Å². The van der Waals surface area contributed by atoms with E-state index in [1.165, 1.54) is 0 Å². The first-order valence-corrected chi connectivity index (χ1v) is 6.43. The van der Waals surface area contributed by atoms with E-state index in [1.54, 1.807) is 28.6 Å². The first-order valence-electron chi connectivity index (χ1n) is 6.43. The van der Waals surface area contributed by atoms with Crippen LogP contribution in [0.25, 0.3) is 5.69 Å². The molecule has 1 aliphatic rings. The van der Waals surface area contributed by atoms with Gasteiger partial charge in [-0.3, -0.25) is 4.57 Å². The second-order valence-corrected chi connectivity index (χ2v) is 4.68. The number of nitrogens with one attached hydrogen (secondary N) is 1. The van der Waals surface area contributed by atoms with Crippen LogP contribution in [0.15, 0.2) is 41.5 Å². The highest BCUT2D eigenvalue weighted by atomic mass is 16.5. The van der Waals surface area contributed by atoms with Crippen LogP contribution < -0.4 is 11.0 Å². The Labute approximate surface area is 111 Å². The van der Waals surface area contributed by atoms with Crippen LogP contribution in [0.2, 0.25) is 0 Å². The number of aromatic nitrogens is 2. The standard InChI is InChI=1S/C14H17N3O2/c1-16-7-8-17(14(16)18)12-5-3-2-4-11(12)13-10-15-6-9-19-13/h2-5,7-8,13,15H,6,9-10H2,1H3. The van der Waals surface area contributed by atoms with Gasteiger partial charge in [-0.25, -0.2) is 4.79 Å². The third-order valence-electron chi connectivity index (χ3n) is 3.42. The zero-order valence-electron chi connectivity index (χ0n) is 10.9. The Morgan fingerprint density at radius 3 is 2.84 bits per heavy atom. The summed E-state index contributed by atoms with van der Waals surface area (Å²) in [6.45, 7) is 2.35. The maximum atomic E-state index is 12.1. The molecular formula is C14H17N3O2. The summed E-state index contributed by atoms with van der Waals surface area (Å²) in [6.07, 6.45) is 3.55. The Morgan fingerprint density at radius 1 is 1.32 bits per heavy atom. The van der Waals surface area contributed by atoms with Gasteiger partial charge in [0.2, 0.25) is 0 Å². The zero-order valence-corrected chi connectivity index (χ0v) is 10.9. The number of rotatable bonds is 2. The highest BCUT2D eigenvalue weighted by Crippen LogP contribution is 2.24. The minimum absolute atomic E-state index is 0.00273. The van der Waals surface area contributed by atoms with E-state index in [0.29, 0.717) is 6.61 Å². The van der Waals surface area contributed by atoms with Crippen LogP contribution in [0.1, 0.15) is 11.7 Å². The molecular weight excluding hydrogens is 242 g/mol. The van der Waals surface area contributed by atoms with Crippen molar-refractivity contribution < 1.29 is 4.74 Å². The number of benzene rings is 1. The molecule has 19 heavy (non-hydrogen) atoms. The molecule has 3 rings (SSSR count). The fourth-order valence-electron chi connectivity index (χ4n) is 2.39. The monoisotopic (exact) mass is 259 g/mol. The number of para-hydroxylation sites is 1. The van der Waals surface area contributed by atoms with Gasteiger partial charge in [0.05, 0.1) is 18.4 Å². The molecule has 2 aromatic rings. The average molecular weight is 259 g/mol. The van der Waals surface area contributed by atoms with Crippen LogP contribution in [0.5, 0.6) is 0 Å². The Balaban J connectivity index is 2.06. The predicted octanol–water partition coefficient (Wildman–Crippen LogP) is 0.837. The number of hydrogen-bond donors (Lipinski definition) is 1. The summed E-state index contributed by atoms with van der Waals surface area (Å²) >= 11 is 0. The lowest BCUT2D eigenvalue weighted by molar-refractivity contribution is 0.0277. The highest BCUT2D eigenvalue weighted by Gasteiger charge is 2.20. The number of morpholine rings is 1. The molecule has 1 aliphatic heterocycles. The minimum Gasteiger partial charge on any atom is -0.371 e. The number of nitrogens with zero attached hydrogens (tertiary/aromatic N) is 2. The smallest absolute Gasteiger partial charge is 0.332 e. The summed E-state index contributed by atoms with van der Waals surface area (Å²) in [5.41, 5.74) is 1.89. The van der Waals surface area contributed by atoms with Gasteiger partial charge in [0.25, 0.3) is 0 Å². The number of imidazole rings is 1.